The Morgan fingerprint density at radius 1 is 1.17 bits per heavy atom. The lowest BCUT2D eigenvalue weighted by atomic mass is 10.1. The van der Waals surface area contributed by atoms with Gasteiger partial charge in [0, 0.05) is 28.8 Å². The molecule has 8 heteroatoms. The van der Waals surface area contributed by atoms with Gasteiger partial charge in [0.1, 0.15) is 5.75 Å². The van der Waals surface area contributed by atoms with Crippen LogP contribution in [0.1, 0.15) is 40.5 Å². The summed E-state index contributed by atoms with van der Waals surface area (Å²) in [5.74, 6) is 0.113. The highest BCUT2D eigenvalue weighted by Crippen LogP contribution is 2.23. The Hall–Kier alpha value is -2.45. The number of hydrogen-bond acceptors (Lipinski definition) is 4. The minimum absolute atomic E-state index is 0.0107. The highest BCUT2D eigenvalue weighted by molar-refractivity contribution is 9.10. The smallest absolute Gasteiger partial charge is 0.261 e. The summed E-state index contributed by atoms with van der Waals surface area (Å²) in [6.07, 6.45) is 2.08. The van der Waals surface area contributed by atoms with Crippen molar-refractivity contribution in [2.24, 2.45) is 0 Å². The van der Waals surface area contributed by atoms with Crippen LogP contribution in [0.25, 0.3) is 0 Å². The number of thiocarbonyl (C=S) groups is 1. The number of ether oxygens (including phenoxy) is 1. The largest absolute Gasteiger partial charge is 0.493 e. The van der Waals surface area contributed by atoms with Crippen molar-refractivity contribution in [3.05, 3.63) is 58.1 Å². The van der Waals surface area contributed by atoms with Crippen LogP contribution < -0.4 is 15.4 Å². The van der Waals surface area contributed by atoms with Crippen LogP contribution in [0.15, 0.2) is 46.9 Å². The molecule has 29 heavy (non-hydrogen) atoms. The Bertz CT molecular complexity index is 929. The summed E-state index contributed by atoms with van der Waals surface area (Å²) in [6, 6.07) is 12.3. The second kappa shape index (κ2) is 9.84. The first-order valence-electron chi connectivity index (χ1n) is 9.42. The van der Waals surface area contributed by atoms with Gasteiger partial charge in [-0.2, -0.15) is 0 Å². The van der Waals surface area contributed by atoms with Gasteiger partial charge in [-0.15, -0.1) is 0 Å². The minimum atomic E-state index is -0.378. The lowest BCUT2D eigenvalue weighted by molar-refractivity contribution is 0.0792. The summed E-state index contributed by atoms with van der Waals surface area (Å²) in [5, 5.41) is 5.77. The molecule has 6 nitrogen and oxygen atoms in total. The van der Waals surface area contributed by atoms with Gasteiger partial charge in [0.2, 0.25) is 0 Å². The number of anilines is 1. The SMILES string of the molecule is CCOc1ccc(Br)cc1C(=O)NC(=S)Nc1cccc(C(=O)N2CCCC2)c1. The molecule has 2 aromatic carbocycles. The van der Waals surface area contributed by atoms with Gasteiger partial charge in [0.15, 0.2) is 5.11 Å². The van der Waals surface area contributed by atoms with Gasteiger partial charge in [-0.25, -0.2) is 0 Å². The molecular formula is C21H22BrN3O3S. The van der Waals surface area contributed by atoms with Crippen LogP contribution in [0.2, 0.25) is 0 Å². The third-order valence-corrected chi connectivity index (χ3v) is 5.17. The average Bonchev–Trinajstić information content (AvgIpc) is 3.23. The zero-order valence-electron chi connectivity index (χ0n) is 16.0. The quantitative estimate of drug-likeness (QED) is 0.633. The lowest BCUT2D eigenvalue weighted by Crippen LogP contribution is -2.34. The second-order valence-corrected chi connectivity index (χ2v) is 7.89. The van der Waals surface area contributed by atoms with Crippen LogP contribution in [-0.4, -0.2) is 41.5 Å². The Balaban J connectivity index is 1.66. The molecule has 1 aliphatic heterocycles. The number of nitrogens with zero attached hydrogens (tertiary/aromatic N) is 1. The predicted molar refractivity (Wildman–Crippen MR) is 121 cm³/mol. The fourth-order valence-corrected chi connectivity index (χ4v) is 3.70. The first-order chi connectivity index (χ1) is 14.0. The molecule has 1 fully saturated rings. The molecular weight excluding hydrogens is 454 g/mol. The van der Waals surface area contributed by atoms with Crippen LogP contribution in [-0.2, 0) is 0 Å². The molecule has 0 aliphatic carbocycles. The molecule has 0 saturated carbocycles. The predicted octanol–water partition coefficient (Wildman–Crippen LogP) is 4.21. The Morgan fingerprint density at radius 2 is 1.93 bits per heavy atom. The van der Waals surface area contributed by atoms with Crippen molar-refractivity contribution < 1.29 is 14.3 Å². The van der Waals surface area contributed by atoms with Crippen molar-refractivity contribution in [1.29, 1.82) is 0 Å². The van der Waals surface area contributed by atoms with E-state index in [-0.39, 0.29) is 16.9 Å². The number of carbonyl (C=O) groups is 2. The van der Waals surface area contributed by atoms with E-state index in [1.165, 1.54) is 0 Å². The van der Waals surface area contributed by atoms with Gasteiger partial charge in [-0.3, -0.25) is 14.9 Å². The number of carbonyl (C=O) groups excluding carboxylic acids is 2. The topological polar surface area (TPSA) is 70.7 Å². The zero-order valence-corrected chi connectivity index (χ0v) is 18.4. The molecule has 3 rings (SSSR count). The van der Waals surface area contributed by atoms with Crippen molar-refractivity contribution in [3.63, 3.8) is 0 Å². The van der Waals surface area contributed by atoms with Crippen LogP contribution in [0.3, 0.4) is 0 Å². The first kappa shape index (κ1) is 21.3. The number of amides is 2. The maximum absolute atomic E-state index is 12.6. The molecule has 0 atom stereocenters. The van der Waals surface area contributed by atoms with Crippen molar-refractivity contribution in [3.8, 4) is 5.75 Å². The number of halogens is 1. The van der Waals surface area contributed by atoms with Crippen molar-refractivity contribution in [2.45, 2.75) is 19.8 Å². The Labute approximate surface area is 183 Å². The van der Waals surface area contributed by atoms with E-state index in [0.717, 1.165) is 30.4 Å². The summed E-state index contributed by atoms with van der Waals surface area (Å²) < 4.78 is 6.28. The van der Waals surface area contributed by atoms with E-state index in [9.17, 15) is 9.59 Å². The third kappa shape index (κ3) is 5.55. The summed E-state index contributed by atoms with van der Waals surface area (Å²) in [6.45, 7) is 3.88. The zero-order chi connectivity index (χ0) is 20.8. The first-order valence-corrected chi connectivity index (χ1v) is 10.6. The molecule has 0 bridgehead atoms. The maximum atomic E-state index is 12.6. The fourth-order valence-electron chi connectivity index (χ4n) is 3.13. The lowest BCUT2D eigenvalue weighted by Gasteiger charge is -2.16. The van der Waals surface area contributed by atoms with Gasteiger partial charge in [0.05, 0.1) is 12.2 Å². The average molecular weight is 476 g/mol. The molecule has 0 radical (unpaired) electrons. The van der Waals surface area contributed by atoms with Gasteiger partial charge in [-0.1, -0.05) is 22.0 Å². The van der Waals surface area contributed by atoms with Crippen molar-refractivity contribution in [2.75, 3.05) is 25.0 Å². The van der Waals surface area contributed by atoms with Gasteiger partial charge in [0.25, 0.3) is 11.8 Å². The van der Waals surface area contributed by atoms with Crippen LogP contribution in [0.5, 0.6) is 5.75 Å². The second-order valence-electron chi connectivity index (χ2n) is 6.56. The van der Waals surface area contributed by atoms with E-state index in [1.807, 2.05) is 11.8 Å². The molecule has 1 heterocycles. The van der Waals surface area contributed by atoms with Crippen molar-refractivity contribution >= 4 is 50.8 Å². The van der Waals surface area contributed by atoms with Crippen molar-refractivity contribution in [1.82, 2.24) is 10.2 Å². The number of rotatable bonds is 5. The minimum Gasteiger partial charge on any atom is -0.493 e. The standard InChI is InChI=1S/C21H22BrN3O3S/c1-2-28-18-9-8-15(22)13-17(18)19(26)24-21(29)23-16-7-5-6-14(12-16)20(27)25-10-3-4-11-25/h5-9,12-13H,2-4,10-11H2,1H3,(H2,23,24,26,29). The normalized spacial score (nSPS) is 13.1. The summed E-state index contributed by atoms with van der Waals surface area (Å²) in [7, 11) is 0. The van der Waals surface area contributed by atoms with E-state index >= 15 is 0 Å². The molecule has 0 spiro atoms. The number of likely N-dealkylation sites (tertiary alicyclic amines) is 1. The molecule has 0 aromatic heterocycles. The molecule has 1 saturated heterocycles. The Morgan fingerprint density at radius 3 is 2.66 bits per heavy atom. The summed E-state index contributed by atoms with van der Waals surface area (Å²) in [4.78, 5) is 27.0. The number of benzene rings is 2. The van der Waals surface area contributed by atoms with E-state index in [0.29, 0.717) is 29.2 Å². The molecule has 2 amide bonds. The summed E-state index contributed by atoms with van der Waals surface area (Å²) >= 11 is 8.64. The van der Waals surface area contributed by atoms with Gasteiger partial charge in [-0.05, 0) is 68.4 Å². The monoisotopic (exact) mass is 475 g/mol. The van der Waals surface area contributed by atoms with E-state index in [1.54, 1.807) is 42.5 Å². The van der Waals surface area contributed by atoms with Crippen LogP contribution in [0.4, 0.5) is 5.69 Å². The maximum Gasteiger partial charge on any atom is 0.261 e. The highest BCUT2D eigenvalue weighted by Gasteiger charge is 2.20. The molecule has 2 N–H and O–H groups in total. The molecule has 1 aliphatic rings. The Kier molecular flexibility index (Phi) is 7.22. The van der Waals surface area contributed by atoms with Crippen LogP contribution >= 0.6 is 28.1 Å². The van der Waals surface area contributed by atoms with E-state index in [2.05, 4.69) is 26.6 Å². The van der Waals surface area contributed by atoms with Gasteiger partial charge >= 0.3 is 0 Å². The highest BCUT2D eigenvalue weighted by atomic mass is 79.9. The van der Waals surface area contributed by atoms with Crippen LogP contribution in [0, 0.1) is 0 Å². The number of nitrogens with one attached hydrogen (secondary N) is 2. The number of hydrogen-bond donors (Lipinski definition) is 2. The van der Waals surface area contributed by atoms with E-state index in [4.69, 9.17) is 17.0 Å². The molecule has 2 aromatic rings. The third-order valence-electron chi connectivity index (χ3n) is 4.47. The summed E-state index contributed by atoms with van der Waals surface area (Å²) in [5.41, 5.74) is 1.61. The molecule has 152 valence electrons. The molecule has 0 unspecified atom stereocenters. The van der Waals surface area contributed by atoms with E-state index < -0.39 is 0 Å². The fraction of sp³-hybridized carbons (Fsp3) is 0.286. The van der Waals surface area contributed by atoms with Gasteiger partial charge < -0.3 is 15.0 Å².